The zero-order chi connectivity index (χ0) is 20.8. The monoisotopic (exact) mass is 434 g/mol. The van der Waals surface area contributed by atoms with Crippen molar-refractivity contribution < 1.29 is 23.0 Å². The van der Waals surface area contributed by atoms with Crippen LogP contribution in [0.15, 0.2) is 51.5 Å². The fourth-order valence-corrected chi connectivity index (χ4v) is 5.04. The van der Waals surface area contributed by atoms with E-state index >= 15 is 0 Å². The molecule has 29 heavy (non-hydrogen) atoms. The topological polar surface area (TPSA) is 119 Å². The Bertz CT molecular complexity index is 1390. The van der Waals surface area contributed by atoms with Crippen LogP contribution in [0.1, 0.15) is 0 Å². The molecule has 0 spiro atoms. The Hall–Kier alpha value is -2.79. The van der Waals surface area contributed by atoms with Gasteiger partial charge in [0, 0.05) is 28.9 Å². The van der Waals surface area contributed by atoms with Crippen molar-refractivity contribution >= 4 is 42.3 Å². The van der Waals surface area contributed by atoms with Gasteiger partial charge in [-0.15, -0.1) is 11.3 Å². The third-order valence-corrected chi connectivity index (χ3v) is 6.89. The Morgan fingerprint density at radius 1 is 1.17 bits per heavy atom. The molecule has 0 radical (unpaired) electrons. The second-order valence-electron chi connectivity index (χ2n) is 6.27. The number of aromatic amines is 1. The molecule has 0 saturated heterocycles. The summed E-state index contributed by atoms with van der Waals surface area (Å²) >= 11 is 1.23. The maximum Gasteiger partial charge on any atom is 0.266 e. The Labute approximate surface area is 168 Å². The summed E-state index contributed by atoms with van der Waals surface area (Å²) in [5.41, 5.74) is 0.419. The number of aliphatic hydroxyl groups excluding tert-OH is 1. The standard InChI is InChI=1S/C19H15FN2O5S2/c20-13-9-14-16(12-5-8-28-18(12)19(25)22-14)15(17(13)24)10-1-3-11(4-2-10)29(26,27)21-6-7-23/h1-5,8-9,21,23-24H,6-7H2,(H,22,25). The number of aromatic hydroxyl groups is 1. The predicted molar refractivity (Wildman–Crippen MR) is 109 cm³/mol. The minimum Gasteiger partial charge on any atom is -0.504 e. The summed E-state index contributed by atoms with van der Waals surface area (Å²) in [6.07, 6.45) is 0. The number of H-pyrrole nitrogens is 1. The third-order valence-electron chi connectivity index (χ3n) is 4.50. The lowest BCUT2D eigenvalue weighted by atomic mass is 9.97. The largest absolute Gasteiger partial charge is 0.504 e. The average Bonchev–Trinajstić information content (AvgIpc) is 3.19. The third kappa shape index (κ3) is 3.29. The van der Waals surface area contributed by atoms with Gasteiger partial charge in [0.25, 0.3) is 5.56 Å². The van der Waals surface area contributed by atoms with Crippen LogP contribution in [0.4, 0.5) is 4.39 Å². The minimum absolute atomic E-state index is 0.0380. The minimum atomic E-state index is -3.81. The van der Waals surface area contributed by atoms with Crippen molar-refractivity contribution in [1.29, 1.82) is 0 Å². The highest BCUT2D eigenvalue weighted by Crippen LogP contribution is 2.41. The van der Waals surface area contributed by atoms with Crippen molar-refractivity contribution in [3.63, 3.8) is 0 Å². The normalized spacial score (nSPS) is 12.1. The van der Waals surface area contributed by atoms with Crippen LogP contribution in [-0.4, -0.2) is 36.8 Å². The summed E-state index contributed by atoms with van der Waals surface area (Å²) in [5, 5.41) is 22.0. The van der Waals surface area contributed by atoms with Gasteiger partial charge in [-0.1, -0.05) is 12.1 Å². The quantitative estimate of drug-likeness (QED) is 0.385. The summed E-state index contributed by atoms with van der Waals surface area (Å²) in [5.74, 6) is -1.50. The number of aromatic nitrogens is 1. The molecule has 0 atom stereocenters. The van der Waals surface area contributed by atoms with Crippen molar-refractivity contribution in [2.45, 2.75) is 4.90 Å². The molecule has 0 aliphatic carbocycles. The molecule has 4 N–H and O–H groups in total. The van der Waals surface area contributed by atoms with E-state index in [4.69, 9.17) is 5.11 Å². The van der Waals surface area contributed by atoms with Gasteiger partial charge in [0.05, 0.1) is 17.0 Å². The molecule has 0 aliphatic rings. The highest BCUT2D eigenvalue weighted by atomic mass is 32.2. The van der Waals surface area contributed by atoms with Gasteiger partial charge in [-0.05, 0) is 29.1 Å². The zero-order valence-electron chi connectivity index (χ0n) is 14.8. The molecular formula is C19H15FN2O5S2. The van der Waals surface area contributed by atoms with Gasteiger partial charge >= 0.3 is 0 Å². The van der Waals surface area contributed by atoms with Gasteiger partial charge in [0.2, 0.25) is 10.0 Å². The summed E-state index contributed by atoms with van der Waals surface area (Å²) in [6, 6.07) is 8.32. The lowest BCUT2D eigenvalue weighted by molar-refractivity contribution is 0.301. The van der Waals surface area contributed by atoms with Crippen LogP contribution < -0.4 is 10.3 Å². The van der Waals surface area contributed by atoms with Crippen LogP contribution in [0.25, 0.3) is 32.1 Å². The Kier molecular flexibility index (Phi) is 4.87. The maximum atomic E-state index is 14.4. The average molecular weight is 434 g/mol. The highest BCUT2D eigenvalue weighted by molar-refractivity contribution is 7.89. The number of rotatable bonds is 5. The fraction of sp³-hybridized carbons (Fsp3) is 0.105. The number of fused-ring (bicyclic) bond motifs is 3. The molecule has 2 aromatic heterocycles. The van der Waals surface area contributed by atoms with Crippen LogP contribution in [0.3, 0.4) is 0 Å². The SMILES string of the molecule is O=c1[nH]c2cc(F)c(O)c(-c3ccc(S(=O)(=O)NCCO)cc3)c2c2ccsc12. The van der Waals surface area contributed by atoms with Crippen LogP contribution >= 0.6 is 11.3 Å². The van der Waals surface area contributed by atoms with Crippen molar-refractivity contribution in [3.8, 4) is 16.9 Å². The van der Waals surface area contributed by atoms with E-state index in [0.717, 1.165) is 6.07 Å². The number of benzene rings is 2. The Morgan fingerprint density at radius 3 is 2.59 bits per heavy atom. The second-order valence-corrected chi connectivity index (χ2v) is 8.95. The Morgan fingerprint density at radius 2 is 1.90 bits per heavy atom. The van der Waals surface area contributed by atoms with Gasteiger partial charge in [-0.3, -0.25) is 4.79 Å². The number of sulfonamides is 1. The van der Waals surface area contributed by atoms with Crippen molar-refractivity contribution in [1.82, 2.24) is 9.71 Å². The van der Waals surface area contributed by atoms with E-state index < -0.39 is 21.6 Å². The fourth-order valence-electron chi connectivity index (χ4n) is 3.22. The first-order chi connectivity index (χ1) is 13.8. The van der Waals surface area contributed by atoms with Crippen molar-refractivity contribution in [2.24, 2.45) is 0 Å². The van der Waals surface area contributed by atoms with Gasteiger partial charge in [-0.25, -0.2) is 17.5 Å². The molecule has 0 bridgehead atoms. The molecule has 0 unspecified atom stereocenters. The number of phenolic OH excluding ortho intramolecular Hbond substituents is 1. The van der Waals surface area contributed by atoms with E-state index in [1.807, 2.05) is 0 Å². The molecule has 4 rings (SSSR count). The predicted octanol–water partition coefficient (Wildman–Crippen LogP) is 2.53. The molecule has 0 amide bonds. The van der Waals surface area contributed by atoms with Gasteiger partial charge in [0.15, 0.2) is 11.6 Å². The molecule has 0 saturated carbocycles. The number of phenols is 1. The number of thiophene rings is 1. The van der Waals surface area contributed by atoms with Crippen LogP contribution in [0.2, 0.25) is 0 Å². The van der Waals surface area contributed by atoms with Crippen LogP contribution in [-0.2, 0) is 10.0 Å². The number of pyridine rings is 1. The molecule has 150 valence electrons. The Balaban J connectivity index is 1.95. The number of aliphatic hydroxyl groups is 1. The molecule has 7 nitrogen and oxygen atoms in total. The highest BCUT2D eigenvalue weighted by Gasteiger charge is 2.20. The lowest BCUT2D eigenvalue weighted by Gasteiger charge is -2.12. The molecule has 10 heteroatoms. The van der Waals surface area contributed by atoms with Crippen LogP contribution in [0, 0.1) is 5.82 Å². The van der Waals surface area contributed by atoms with E-state index in [-0.39, 0.29) is 34.7 Å². The number of hydrogen-bond donors (Lipinski definition) is 4. The molecule has 2 heterocycles. The summed E-state index contributed by atoms with van der Waals surface area (Å²) < 4.78 is 41.4. The first-order valence-electron chi connectivity index (χ1n) is 8.49. The van der Waals surface area contributed by atoms with E-state index in [1.54, 1.807) is 11.4 Å². The molecule has 0 aliphatic heterocycles. The van der Waals surface area contributed by atoms with Crippen molar-refractivity contribution in [3.05, 3.63) is 57.9 Å². The molecular weight excluding hydrogens is 419 g/mol. The number of hydrogen-bond acceptors (Lipinski definition) is 6. The summed E-state index contributed by atoms with van der Waals surface area (Å²) in [4.78, 5) is 14.8. The van der Waals surface area contributed by atoms with Crippen molar-refractivity contribution in [2.75, 3.05) is 13.2 Å². The van der Waals surface area contributed by atoms with E-state index in [9.17, 15) is 22.7 Å². The summed E-state index contributed by atoms with van der Waals surface area (Å²) in [7, 11) is -3.81. The van der Waals surface area contributed by atoms with E-state index in [0.29, 0.717) is 21.0 Å². The van der Waals surface area contributed by atoms with Gasteiger partial charge in [0.1, 0.15) is 4.70 Å². The first-order valence-corrected chi connectivity index (χ1v) is 10.9. The number of halogens is 1. The number of nitrogens with one attached hydrogen (secondary N) is 2. The zero-order valence-corrected chi connectivity index (χ0v) is 16.4. The van der Waals surface area contributed by atoms with Gasteiger partial charge in [-0.2, -0.15) is 0 Å². The lowest BCUT2D eigenvalue weighted by Crippen LogP contribution is -2.26. The van der Waals surface area contributed by atoms with E-state index in [1.165, 1.54) is 35.6 Å². The van der Waals surface area contributed by atoms with E-state index in [2.05, 4.69) is 9.71 Å². The second kappa shape index (κ2) is 7.23. The molecule has 0 fully saturated rings. The smallest absolute Gasteiger partial charge is 0.266 e. The maximum absolute atomic E-state index is 14.4. The first kappa shape index (κ1) is 19.5. The molecule has 4 aromatic rings. The molecule has 2 aromatic carbocycles. The summed E-state index contributed by atoms with van der Waals surface area (Å²) in [6.45, 7) is -0.460. The van der Waals surface area contributed by atoms with Crippen LogP contribution in [0.5, 0.6) is 5.75 Å². The van der Waals surface area contributed by atoms with Gasteiger partial charge < -0.3 is 15.2 Å².